The maximum absolute atomic E-state index is 10.2. The van der Waals surface area contributed by atoms with Crippen molar-refractivity contribution in [2.45, 2.75) is 45.5 Å². The number of benzene rings is 2. The lowest BCUT2D eigenvalue weighted by Crippen LogP contribution is -2.23. The summed E-state index contributed by atoms with van der Waals surface area (Å²) in [6.07, 6.45) is 1.23. The third-order valence-electron chi connectivity index (χ3n) is 4.89. The number of aliphatic hydroxyl groups is 1. The Balaban J connectivity index is 1.93. The number of hydrogen-bond donors (Lipinski definition) is 3. The second-order valence-electron chi connectivity index (χ2n) is 6.91. The maximum Gasteiger partial charge on any atom is 0.126 e. The third-order valence-corrected chi connectivity index (χ3v) is 4.89. The van der Waals surface area contributed by atoms with E-state index in [-0.39, 0.29) is 6.04 Å². The predicted octanol–water partition coefficient (Wildman–Crippen LogP) is 4.65. The smallest absolute Gasteiger partial charge is 0.126 e. The molecule has 0 amide bonds. The highest BCUT2D eigenvalue weighted by atomic mass is 16.3. The number of nitrogens with zero attached hydrogens (tertiary/aromatic N) is 1. The van der Waals surface area contributed by atoms with Crippen LogP contribution >= 0.6 is 0 Å². The average molecular weight is 335 g/mol. The number of aryl methyl sites for hydroxylation is 1. The van der Waals surface area contributed by atoms with Crippen molar-refractivity contribution in [1.29, 1.82) is 0 Å². The SMILES string of the molecule is CCCn1c(-c2cccc3c2N[C@H](C)C[C@H](O)N3)cc2ccccc21. The normalized spacial score (nSPS) is 19.8. The molecular weight excluding hydrogens is 310 g/mol. The van der Waals surface area contributed by atoms with Gasteiger partial charge in [0, 0.05) is 35.5 Å². The van der Waals surface area contributed by atoms with Crippen LogP contribution in [0.2, 0.25) is 0 Å². The Hall–Kier alpha value is -2.46. The van der Waals surface area contributed by atoms with Crippen LogP contribution in [0.25, 0.3) is 22.2 Å². The van der Waals surface area contributed by atoms with Crippen LogP contribution in [0.5, 0.6) is 0 Å². The zero-order chi connectivity index (χ0) is 17.4. The van der Waals surface area contributed by atoms with Crippen molar-refractivity contribution >= 4 is 22.3 Å². The van der Waals surface area contributed by atoms with Crippen LogP contribution in [-0.4, -0.2) is 21.9 Å². The molecule has 0 saturated carbocycles. The Labute approximate surface area is 148 Å². The van der Waals surface area contributed by atoms with Gasteiger partial charge in [-0.2, -0.15) is 0 Å². The lowest BCUT2D eigenvalue weighted by molar-refractivity contribution is 0.190. The van der Waals surface area contributed by atoms with Gasteiger partial charge in [0.15, 0.2) is 0 Å². The summed E-state index contributed by atoms with van der Waals surface area (Å²) in [5.74, 6) is 0. The van der Waals surface area contributed by atoms with E-state index in [1.165, 1.54) is 22.2 Å². The molecule has 25 heavy (non-hydrogen) atoms. The summed E-state index contributed by atoms with van der Waals surface area (Å²) in [6, 6.07) is 17.3. The minimum absolute atomic E-state index is 0.203. The molecule has 2 heterocycles. The number of nitrogens with one attached hydrogen (secondary N) is 2. The van der Waals surface area contributed by atoms with E-state index in [0.29, 0.717) is 6.42 Å². The first-order chi connectivity index (χ1) is 12.2. The highest BCUT2D eigenvalue weighted by Gasteiger charge is 2.22. The van der Waals surface area contributed by atoms with E-state index >= 15 is 0 Å². The molecule has 0 aliphatic carbocycles. The molecule has 2 aromatic carbocycles. The maximum atomic E-state index is 10.2. The molecule has 2 atom stereocenters. The van der Waals surface area contributed by atoms with E-state index < -0.39 is 6.23 Å². The molecule has 4 heteroatoms. The highest BCUT2D eigenvalue weighted by Crippen LogP contribution is 2.39. The van der Waals surface area contributed by atoms with Crippen LogP contribution in [0.15, 0.2) is 48.5 Å². The van der Waals surface area contributed by atoms with Gasteiger partial charge < -0.3 is 20.3 Å². The van der Waals surface area contributed by atoms with Crippen LogP contribution in [0.4, 0.5) is 11.4 Å². The van der Waals surface area contributed by atoms with Crippen LogP contribution in [-0.2, 0) is 6.54 Å². The van der Waals surface area contributed by atoms with Crippen molar-refractivity contribution in [3.8, 4) is 11.3 Å². The molecule has 0 saturated heterocycles. The lowest BCUT2D eigenvalue weighted by atomic mass is 10.1. The molecule has 0 fully saturated rings. The number of rotatable bonds is 3. The second kappa shape index (κ2) is 6.45. The van der Waals surface area contributed by atoms with Gasteiger partial charge in [-0.25, -0.2) is 0 Å². The van der Waals surface area contributed by atoms with E-state index in [1.807, 2.05) is 6.07 Å². The quantitative estimate of drug-likeness (QED) is 0.653. The molecule has 3 aromatic rings. The minimum Gasteiger partial charge on any atom is -0.380 e. The first-order valence-corrected chi connectivity index (χ1v) is 9.10. The standard InChI is InChI=1S/C21H25N3O/c1-3-11-24-18-10-5-4-7-15(18)13-19(24)16-8-6-9-17-21(16)22-14(2)12-20(25)23-17/h4-10,13-14,20,22-23,25H,3,11-12H2,1-2H3/t14-,20+/m1/s1. The molecule has 0 spiro atoms. The average Bonchev–Trinajstić information content (AvgIpc) is 2.87. The van der Waals surface area contributed by atoms with Gasteiger partial charge in [0.2, 0.25) is 0 Å². The van der Waals surface area contributed by atoms with Crippen LogP contribution < -0.4 is 10.6 Å². The molecule has 1 aromatic heterocycles. The van der Waals surface area contributed by atoms with Crippen LogP contribution in [0, 0.1) is 0 Å². The highest BCUT2D eigenvalue weighted by molar-refractivity contribution is 5.93. The minimum atomic E-state index is -0.527. The molecule has 0 unspecified atom stereocenters. The Morgan fingerprint density at radius 2 is 1.96 bits per heavy atom. The van der Waals surface area contributed by atoms with Gasteiger partial charge in [-0.15, -0.1) is 0 Å². The van der Waals surface area contributed by atoms with E-state index in [9.17, 15) is 5.11 Å². The summed E-state index contributed by atoms with van der Waals surface area (Å²) < 4.78 is 2.40. The lowest BCUT2D eigenvalue weighted by Gasteiger charge is -2.18. The van der Waals surface area contributed by atoms with Gasteiger partial charge in [-0.3, -0.25) is 0 Å². The number of hydrogen-bond acceptors (Lipinski definition) is 3. The Kier molecular flexibility index (Phi) is 4.14. The third kappa shape index (κ3) is 2.87. The van der Waals surface area contributed by atoms with Gasteiger partial charge >= 0.3 is 0 Å². The van der Waals surface area contributed by atoms with Crippen LogP contribution in [0.1, 0.15) is 26.7 Å². The summed E-state index contributed by atoms with van der Waals surface area (Å²) in [5, 5.41) is 18.3. The molecule has 130 valence electrons. The van der Waals surface area contributed by atoms with E-state index in [2.05, 4.69) is 71.5 Å². The van der Waals surface area contributed by atoms with Gasteiger partial charge in [0.25, 0.3) is 0 Å². The van der Waals surface area contributed by atoms with Crippen molar-refractivity contribution < 1.29 is 5.11 Å². The fraction of sp³-hybridized carbons (Fsp3) is 0.333. The molecule has 4 rings (SSSR count). The van der Waals surface area contributed by atoms with Gasteiger partial charge in [-0.05, 0) is 31.5 Å². The number of para-hydroxylation sites is 2. The van der Waals surface area contributed by atoms with Crippen molar-refractivity contribution in [3.63, 3.8) is 0 Å². The number of aliphatic hydroxyl groups excluding tert-OH is 1. The summed E-state index contributed by atoms with van der Waals surface area (Å²) in [4.78, 5) is 0. The van der Waals surface area contributed by atoms with E-state index in [4.69, 9.17) is 0 Å². The summed E-state index contributed by atoms with van der Waals surface area (Å²) in [7, 11) is 0. The molecule has 1 aliphatic rings. The Bertz CT molecular complexity index is 899. The van der Waals surface area contributed by atoms with Gasteiger partial charge in [0.1, 0.15) is 6.23 Å². The largest absolute Gasteiger partial charge is 0.380 e. The fourth-order valence-corrected chi connectivity index (χ4v) is 3.82. The van der Waals surface area contributed by atoms with E-state index in [0.717, 1.165) is 24.3 Å². The monoisotopic (exact) mass is 335 g/mol. The zero-order valence-electron chi connectivity index (χ0n) is 14.8. The Morgan fingerprint density at radius 1 is 1.12 bits per heavy atom. The van der Waals surface area contributed by atoms with E-state index in [1.54, 1.807) is 0 Å². The molecule has 0 bridgehead atoms. The summed E-state index contributed by atoms with van der Waals surface area (Å²) >= 11 is 0. The predicted molar refractivity (Wildman–Crippen MR) is 105 cm³/mol. The fourth-order valence-electron chi connectivity index (χ4n) is 3.82. The van der Waals surface area contributed by atoms with Crippen molar-refractivity contribution in [3.05, 3.63) is 48.5 Å². The first kappa shape index (κ1) is 16.0. The topological polar surface area (TPSA) is 49.2 Å². The Morgan fingerprint density at radius 3 is 2.80 bits per heavy atom. The molecule has 0 radical (unpaired) electrons. The molecule has 3 N–H and O–H groups in total. The molecule has 1 aliphatic heterocycles. The van der Waals surface area contributed by atoms with Crippen molar-refractivity contribution in [2.75, 3.05) is 10.6 Å². The second-order valence-corrected chi connectivity index (χ2v) is 6.91. The van der Waals surface area contributed by atoms with Gasteiger partial charge in [0.05, 0.1) is 17.1 Å². The summed E-state index contributed by atoms with van der Waals surface area (Å²) in [5.41, 5.74) is 5.70. The molecule has 4 nitrogen and oxygen atoms in total. The van der Waals surface area contributed by atoms with Crippen molar-refractivity contribution in [2.24, 2.45) is 0 Å². The molecular formula is C21H25N3O. The number of aromatic nitrogens is 1. The zero-order valence-corrected chi connectivity index (χ0v) is 14.8. The van der Waals surface area contributed by atoms with Gasteiger partial charge in [-0.1, -0.05) is 37.3 Å². The first-order valence-electron chi connectivity index (χ1n) is 9.10. The van der Waals surface area contributed by atoms with Crippen molar-refractivity contribution in [1.82, 2.24) is 4.57 Å². The number of anilines is 2. The van der Waals surface area contributed by atoms with Crippen LogP contribution in [0.3, 0.4) is 0 Å². The number of fused-ring (bicyclic) bond motifs is 2. The summed E-state index contributed by atoms with van der Waals surface area (Å²) in [6.45, 7) is 5.30.